The molecule has 6 nitrogen and oxygen atoms in total. The van der Waals surface area contributed by atoms with Crippen molar-refractivity contribution < 1.29 is 52.7 Å². The topological polar surface area (TPSA) is 94.6 Å². The Morgan fingerprint density at radius 1 is 0.906 bits per heavy atom. The molecule has 4 aliphatic rings. The van der Waals surface area contributed by atoms with E-state index in [1.54, 1.807) is 0 Å². The highest BCUT2D eigenvalue weighted by Gasteiger charge is 2.54. The zero-order chi connectivity index (χ0) is 24.3. The number of hydrogen-bond donors (Lipinski definition) is 0. The maximum Gasteiger partial charge on any atom is 0.469 e. The Kier molecular flexibility index (Phi) is 6.41. The molecule has 0 radical (unpaired) electrons. The van der Waals surface area contributed by atoms with Gasteiger partial charge in [-0.3, -0.25) is 21.6 Å². The van der Waals surface area contributed by atoms with Crippen molar-refractivity contribution in [3.05, 3.63) is 4.58 Å². The number of alkyl halides is 6. The Morgan fingerprint density at radius 2 is 1.28 bits per heavy atom. The lowest BCUT2D eigenvalue weighted by Crippen LogP contribution is -2.47. The van der Waals surface area contributed by atoms with Gasteiger partial charge in [-0.25, -0.2) is 0 Å². The third-order valence-electron chi connectivity index (χ3n) is 6.68. The summed E-state index contributed by atoms with van der Waals surface area (Å²) in [4.78, 5) is 12.4. The molecule has 0 saturated heterocycles. The first kappa shape index (κ1) is 25.6. The standard InChI is InChI=1S/C18H23F6O6S2/c1-10(2-15(31(26,27)17(19,20)21)32(28,29)18(22,23)24)30-14(25)9-16-6-11-3-12(7-16)5-13(4-11)8-16/h10-13H,2-9H2,1H3/q-1. The van der Waals surface area contributed by atoms with Crippen LogP contribution in [0.15, 0.2) is 0 Å². The summed E-state index contributed by atoms with van der Waals surface area (Å²) in [5.41, 5.74) is -12.9. The lowest BCUT2D eigenvalue weighted by atomic mass is 9.49. The molecule has 4 rings (SSSR count). The summed E-state index contributed by atoms with van der Waals surface area (Å²) in [6.07, 6.45) is 1.89. The van der Waals surface area contributed by atoms with E-state index in [1.165, 1.54) is 0 Å². The average molecular weight is 513 g/mol. The summed E-state index contributed by atoms with van der Waals surface area (Å²) in [7, 11) is -13.7. The van der Waals surface area contributed by atoms with Gasteiger partial charge in [-0.05, 0) is 68.6 Å². The maximum absolute atomic E-state index is 12.9. The molecular formula is C18H23F6O6S2-. The van der Waals surface area contributed by atoms with Crippen molar-refractivity contribution in [3.63, 3.8) is 0 Å². The van der Waals surface area contributed by atoms with Crippen LogP contribution in [0.5, 0.6) is 0 Å². The van der Waals surface area contributed by atoms with E-state index in [0.717, 1.165) is 45.4 Å². The van der Waals surface area contributed by atoms with Crippen LogP contribution < -0.4 is 0 Å². The molecule has 0 aromatic rings. The van der Waals surface area contributed by atoms with E-state index in [4.69, 9.17) is 4.74 Å². The number of rotatable bonds is 7. The Balaban J connectivity index is 1.73. The smallest absolute Gasteiger partial charge is 0.465 e. The molecule has 4 aliphatic carbocycles. The molecule has 4 saturated carbocycles. The number of carbonyl (C=O) groups is 1. The molecule has 0 spiro atoms. The molecule has 1 unspecified atom stereocenters. The van der Waals surface area contributed by atoms with Crippen molar-refractivity contribution in [1.29, 1.82) is 0 Å². The molecule has 4 fully saturated rings. The monoisotopic (exact) mass is 513 g/mol. The summed E-state index contributed by atoms with van der Waals surface area (Å²) in [6.45, 7) is 0.857. The van der Waals surface area contributed by atoms with Gasteiger partial charge in [-0.1, -0.05) is 4.58 Å². The molecule has 4 bridgehead atoms. The number of hydrogen-bond acceptors (Lipinski definition) is 6. The van der Waals surface area contributed by atoms with Gasteiger partial charge in [-0.15, -0.1) is 6.42 Å². The summed E-state index contributed by atoms with van der Waals surface area (Å²) in [6, 6.07) is 0. The number of ether oxygens (including phenoxy) is 1. The van der Waals surface area contributed by atoms with Crippen LogP contribution in [0.25, 0.3) is 0 Å². The second kappa shape index (κ2) is 8.02. The highest BCUT2D eigenvalue weighted by Crippen LogP contribution is 2.61. The Bertz CT molecular complexity index is 874. The van der Waals surface area contributed by atoms with E-state index < -0.39 is 53.8 Å². The van der Waals surface area contributed by atoms with Crippen LogP contribution in [0.2, 0.25) is 0 Å². The van der Waals surface area contributed by atoms with Crippen LogP contribution in [0.3, 0.4) is 0 Å². The molecule has 14 heteroatoms. The molecule has 186 valence electrons. The zero-order valence-electron chi connectivity index (χ0n) is 17.0. The van der Waals surface area contributed by atoms with Crippen molar-refractivity contribution in [2.75, 3.05) is 0 Å². The van der Waals surface area contributed by atoms with Crippen molar-refractivity contribution in [2.24, 2.45) is 23.2 Å². The van der Waals surface area contributed by atoms with Gasteiger partial charge >= 0.3 is 17.0 Å². The molecule has 0 N–H and O–H groups in total. The van der Waals surface area contributed by atoms with Gasteiger partial charge in [0.05, 0.1) is 12.5 Å². The van der Waals surface area contributed by atoms with E-state index >= 15 is 0 Å². The van der Waals surface area contributed by atoms with E-state index in [-0.39, 0.29) is 11.8 Å². The van der Waals surface area contributed by atoms with E-state index in [2.05, 4.69) is 0 Å². The second-order valence-corrected chi connectivity index (χ2v) is 13.6. The van der Waals surface area contributed by atoms with Gasteiger partial charge in [0.25, 0.3) is 0 Å². The van der Waals surface area contributed by atoms with Gasteiger partial charge in [-0.2, -0.15) is 26.3 Å². The molecule has 0 amide bonds. The molecule has 0 aromatic heterocycles. The van der Waals surface area contributed by atoms with Crippen LogP contribution in [-0.2, 0) is 29.2 Å². The van der Waals surface area contributed by atoms with Crippen LogP contribution >= 0.6 is 0 Å². The van der Waals surface area contributed by atoms with Crippen LogP contribution in [0, 0.1) is 27.8 Å². The fourth-order valence-electron chi connectivity index (χ4n) is 5.98. The van der Waals surface area contributed by atoms with Gasteiger partial charge < -0.3 is 4.74 Å². The van der Waals surface area contributed by atoms with Crippen molar-refractivity contribution in [2.45, 2.75) is 75.4 Å². The highest BCUT2D eigenvalue weighted by atomic mass is 32.3. The average Bonchev–Trinajstić information content (AvgIpc) is 2.55. The number of carbonyl (C=O) groups excluding carboxylic acids is 1. The minimum Gasteiger partial charge on any atom is -0.465 e. The van der Waals surface area contributed by atoms with Crippen molar-refractivity contribution in [1.82, 2.24) is 0 Å². The number of halogens is 6. The third kappa shape index (κ3) is 4.76. The summed E-state index contributed by atoms with van der Waals surface area (Å²) in [5.74, 6) is 0.522. The minimum absolute atomic E-state index is 0.0891. The van der Waals surface area contributed by atoms with Crippen molar-refractivity contribution >= 4 is 25.6 Å². The summed E-state index contributed by atoms with van der Waals surface area (Å²) < 4.78 is 126. The van der Waals surface area contributed by atoms with Crippen molar-refractivity contribution in [3.8, 4) is 0 Å². The van der Waals surface area contributed by atoms with E-state index in [9.17, 15) is 48.0 Å². The maximum atomic E-state index is 12.9. The normalized spacial score (nSPS) is 31.7. The lowest BCUT2D eigenvalue weighted by molar-refractivity contribution is -0.156. The summed E-state index contributed by atoms with van der Waals surface area (Å²) in [5, 5.41) is 0. The Morgan fingerprint density at radius 3 is 1.62 bits per heavy atom. The quantitative estimate of drug-likeness (QED) is 0.287. The fraction of sp³-hybridized carbons (Fsp3) is 0.889. The van der Waals surface area contributed by atoms with E-state index in [0.29, 0.717) is 17.8 Å². The first-order chi connectivity index (χ1) is 14.4. The predicted molar refractivity (Wildman–Crippen MR) is 98.6 cm³/mol. The van der Waals surface area contributed by atoms with Gasteiger partial charge in [0.1, 0.15) is 19.7 Å². The number of sulfone groups is 2. The highest BCUT2D eigenvalue weighted by molar-refractivity contribution is 8.13. The zero-order valence-corrected chi connectivity index (χ0v) is 18.6. The Labute approximate surface area is 181 Å². The molecule has 32 heavy (non-hydrogen) atoms. The molecule has 0 aromatic carbocycles. The molecule has 0 aliphatic heterocycles. The molecular weight excluding hydrogens is 490 g/mol. The van der Waals surface area contributed by atoms with Gasteiger partial charge in [0.2, 0.25) is 0 Å². The second-order valence-electron chi connectivity index (χ2n) is 9.37. The first-order valence-corrected chi connectivity index (χ1v) is 13.0. The lowest BCUT2D eigenvalue weighted by Gasteiger charge is -2.56. The molecule has 1 atom stereocenters. The van der Waals surface area contributed by atoms with Crippen LogP contribution in [-0.4, -0.2) is 39.9 Å². The third-order valence-corrected chi connectivity index (χ3v) is 10.7. The predicted octanol–water partition coefficient (Wildman–Crippen LogP) is 4.27. The van der Waals surface area contributed by atoms with Gasteiger partial charge in [0, 0.05) is 0 Å². The van der Waals surface area contributed by atoms with E-state index in [1.807, 2.05) is 0 Å². The minimum atomic E-state index is -6.84. The number of esters is 1. The Hall–Kier alpha value is -1.05. The SMILES string of the molecule is CC(C[C-](S(=O)(=O)C(F)(F)F)S(=O)(=O)C(F)(F)F)OC(=O)CC12CC3CC(CC(C3)C1)C2. The largest absolute Gasteiger partial charge is 0.469 e. The fourth-order valence-corrected chi connectivity index (χ4v) is 9.12. The first-order valence-electron chi connectivity index (χ1n) is 10.0. The van der Waals surface area contributed by atoms with Gasteiger partial charge in [0.15, 0.2) is 0 Å². The molecule has 0 heterocycles. The van der Waals surface area contributed by atoms with Crippen LogP contribution in [0.1, 0.15) is 58.3 Å². The van der Waals surface area contributed by atoms with Crippen LogP contribution in [0.4, 0.5) is 26.3 Å². The summed E-state index contributed by atoms with van der Waals surface area (Å²) >= 11 is 0.